The predicted molar refractivity (Wildman–Crippen MR) is 72.6 cm³/mol. The van der Waals surface area contributed by atoms with E-state index in [0.717, 1.165) is 10.8 Å². The maximum Gasteiger partial charge on any atom is 0.256 e. The molecular formula is C13H16N2O2S. The van der Waals surface area contributed by atoms with E-state index in [4.69, 9.17) is 0 Å². The summed E-state index contributed by atoms with van der Waals surface area (Å²) in [7, 11) is 1.43. The molecule has 0 unspecified atom stereocenters. The van der Waals surface area contributed by atoms with Crippen LogP contribution in [0.3, 0.4) is 0 Å². The minimum absolute atomic E-state index is 0.330. The lowest BCUT2D eigenvalue weighted by Crippen LogP contribution is -2.38. The normalized spacial score (nSPS) is 12.5. The Morgan fingerprint density at radius 1 is 0.889 bits per heavy atom. The standard InChI is InChI=1S/C13H16N2O2S/c1-14(2)15(3)18(16,17)13-10-6-8-11-7-4-5-9-12(11)13/h4-10H,1-3H3. The number of rotatable bonds is 3. The van der Waals surface area contributed by atoms with E-state index in [-0.39, 0.29) is 0 Å². The predicted octanol–water partition coefficient (Wildman–Crippen LogP) is 1.94. The molecule has 0 heterocycles. The van der Waals surface area contributed by atoms with E-state index < -0.39 is 10.0 Å². The summed E-state index contributed by atoms with van der Waals surface area (Å²) in [6, 6.07) is 12.8. The van der Waals surface area contributed by atoms with Crippen LogP contribution in [0, 0.1) is 0 Å². The Kier molecular flexibility index (Phi) is 3.38. The number of nitrogens with zero attached hydrogens (tertiary/aromatic N) is 2. The van der Waals surface area contributed by atoms with E-state index in [2.05, 4.69) is 0 Å². The molecule has 0 amide bonds. The highest BCUT2D eigenvalue weighted by Crippen LogP contribution is 2.25. The summed E-state index contributed by atoms with van der Waals surface area (Å²) in [6.45, 7) is 0. The maximum atomic E-state index is 12.5. The van der Waals surface area contributed by atoms with Crippen molar-refractivity contribution in [3.05, 3.63) is 42.5 Å². The van der Waals surface area contributed by atoms with Crippen LogP contribution < -0.4 is 0 Å². The second kappa shape index (κ2) is 4.68. The molecule has 0 spiro atoms. The molecule has 0 atom stereocenters. The van der Waals surface area contributed by atoms with Gasteiger partial charge in [-0.2, -0.15) is 0 Å². The second-order valence-corrected chi connectivity index (χ2v) is 6.18. The Labute approximate surface area is 107 Å². The lowest BCUT2D eigenvalue weighted by molar-refractivity contribution is 0.160. The van der Waals surface area contributed by atoms with Gasteiger partial charge in [-0.15, -0.1) is 4.41 Å². The van der Waals surface area contributed by atoms with E-state index in [1.807, 2.05) is 30.3 Å². The molecular weight excluding hydrogens is 248 g/mol. The lowest BCUT2D eigenvalue weighted by atomic mass is 10.1. The summed E-state index contributed by atoms with van der Waals surface area (Å²) in [5, 5.41) is 3.20. The molecule has 0 fully saturated rings. The Hall–Kier alpha value is -1.43. The fourth-order valence-electron chi connectivity index (χ4n) is 1.78. The van der Waals surface area contributed by atoms with Crippen LogP contribution in [0.4, 0.5) is 0 Å². The van der Waals surface area contributed by atoms with Crippen LogP contribution in [0.15, 0.2) is 47.4 Å². The smallest absolute Gasteiger partial charge is 0.234 e. The molecule has 2 rings (SSSR count). The van der Waals surface area contributed by atoms with Gasteiger partial charge >= 0.3 is 0 Å². The first kappa shape index (κ1) is 13.0. The number of hydrazine groups is 1. The Morgan fingerprint density at radius 2 is 1.50 bits per heavy atom. The molecule has 0 aromatic heterocycles. The summed E-state index contributed by atoms with van der Waals surface area (Å²) in [5.74, 6) is 0. The summed E-state index contributed by atoms with van der Waals surface area (Å²) in [4.78, 5) is 0.330. The van der Waals surface area contributed by atoms with Gasteiger partial charge in [-0.3, -0.25) is 0 Å². The van der Waals surface area contributed by atoms with Crippen molar-refractivity contribution in [3.63, 3.8) is 0 Å². The van der Waals surface area contributed by atoms with Crippen molar-refractivity contribution < 1.29 is 8.42 Å². The molecule has 0 saturated carbocycles. The van der Waals surface area contributed by atoms with E-state index >= 15 is 0 Å². The van der Waals surface area contributed by atoms with Gasteiger partial charge in [-0.05, 0) is 11.5 Å². The molecule has 2 aromatic carbocycles. The van der Waals surface area contributed by atoms with Crippen LogP contribution in [0.1, 0.15) is 0 Å². The summed E-state index contributed by atoms with van der Waals surface area (Å²) in [5.41, 5.74) is 0. The quantitative estimate of drug-likeness (QED) is 0.795. The molecule has 4 nitrogen and oxygen atoms in total. The fourth-order valence-corrected chi connectivity index (χ4v) is 3.21. The summed E-state index contributed by atoms with van der Waals surface area (Å²) < 4.78 is 26.2. The van der Waals surface area contributed by atoms with Gasteiger partial charge in [-0.1, -0.05) is 36.4 Å². The molecule has 0 aliphatic carbocycles. The van der Waals surface area contributed by atoms with E-state index in [9.17, 15) is 8.42 Å². The zero-order valence-electron chi connectivity index (χ0n) is 10.7. The topological polar surface area (TPSA) is 40.6 Å². The third kappa shape index (κ3) is 2.12. The SMILES string of the molecule is CN(C)N(C)S(=O)(=O)c1cccc2ccccc12. The number of hydrogen-bond donors (Lipinski definition) is 0. The molecule has 0 bridgehead atoms. The fraction of sp³-hybridized carbons (Fsp3) is 0.231. The van der Waals surface area contributed by atoms with Gasteiger partial charge in [0.2, 0.25) is 0 Å². The first-order chi connectivity index (χ1) is 8.44. The highest BCUT2D eigenvalue weighted by Gasteiger charge is 2.24. The molecule has 18 heavy (non-hydrogen) atoms. The van der Waals surface area contributed by atoms with Crippen LogP contribution in [-0.2, 0) is 10.0 Å². The van der Waals surface area contributed by atoms with Crippen LogP contribution >= 0.6 is 0 Å². The van der Waals surface area contributed by atoms with Crippen LogP contribution in [0.2, 0.25) is 0 Å². The maximum absolute atomic E-state index is 12.5. The first-order valence-electron chi connectivity index (χ1n) is 5.58. The van der Waals surface area contributed by atoms with Crippen LogP contribution in [0.25, 0.3) is 10.8 Å². The largest absolute Gasteiger partial charge is 0.256 e. The molecule has 96 valence electrons. The third-order valence-corrected chi connectivity index (χ3v) is 4.87. The molecule has 2 aromatic rings. The average Bonchev–Trinajstić information content (AvgIpc) is 2.36. The molecule has 0 radical (unpaired) electrons. The van der Waals surface area contributed by atoms with Crippen LogP contribution in [0.5, 0.6) is 0 Å². The molecule has 0 aliphatic heterocycles. The second-order valence-electron chi connectivity index (χ2n) is 4.26. The number of hydrogen-bond acceptors (Lipinski definition) is 3. The van der Waals surface area contributed by atoms with Gasteiger partial charge in [0.25, 0.3) is 10.0 Å². The van der Waals surface area contributed by atoms with Crippen molar-refractivity contribution in [2.45, 2.75) is 4.90 Å². The van der Waals surface area contributed by atoms with Gasteiger partial charge in [0.05, 0.1) is 4.90 Å². The summed E-state index contributed by atoms with van der Waals surface area (Å²) in [6.07, 6.45) is 0. The van der Waals surface area contributed by atoms with Crippen molar-refractivity contribution in [3.8, 4) is 0 Å². The minimum Gasteiger partial charge on any atom is -0.234 e. The van der Waals surface area contributed by atoms with Gasteiger partial charge < -0.3 is 0 Å². The molecule has 0 N–H and O–H groups in total. The van der Waals surface area contributed by atoms with Gasteiger partial charge in [0.1, 0.15) is 0 Å². The van der Waals surface area contributed by atoms with Crippen molar-refractivity contribution in [2.24, 2.45) is 0 Å². The highest BCUT2D eigenvalue weighted by molar-refractivity contribution is 7.89. The molecule has 5 heteroatoms. The monoisotopic (exact) mass is 264 g/mol. The van der Waals surface area contributed by atoms with E-state index in [1.165, 1.54) is 16.5 Å². The number of fused-ring (bicyclic) bond motifs is 1. The Morgan fingerprint density at radius 3 is 2.17 bits per heavy atom. The zero-order valence-corrected chi connectivity index (χ0v) is 11.5. The lowest BCUT2D eigenvalue weighted by Gasteiger charge is -2.24. The van der Waals surface area contributed by atoms with E-state index in [1.54, 1.807) is 26.2 Å². The molecule has 0 aliphatic rings. The Bertz CT molecular complexity index is 660. The Balaban J connectivity index is 2.69. The van der Waals surface area contributed by atoms with Crippen molar-refractivity contribution in [1.29, 1.82) is 0 Å². The van der Waals surface area contributed by atoms with E-state index in [0.29, 0.717) is 4.90 Å². The summed E-state index contributed by atoms with van der Waals surface area (Å²) >= 11 is 0. The number of benzene rings is 2. The van der Waals surface area contributed by atoms with Gasteiger partial charge in [-0.25, -0.2) is 13.4 Å². The highest BCUT2D eigenvalue weighted by atomic mass is 32.2. The van der Waals surface area contributed by atoms with Crippen LogP contribution in [-0.4, -0.2) is 39.0 Å². The van der Waals surface area contributed by atoms with Crippen molar-refractivity contribution >= 4 is 20.8 Å². The van der Waals surface area contributed by atoms with Crippen molar-refractivity contribution in [1.82, 2.24) is 9.42 Å². The van der Waals surface area contributed by atoms with Crippen molar-refractivity contribution in [2.75, 3.05) is 21.1 Å². The third-order valence-electron chi connectivity index (χ3n) is 2.94. The first-order valence-corrected chi connectivity index (χ1v) is 7.02. The molecule has 0 saturated heterocycles. The average molecular weight is 264 g/mol. The minimum atomic E-state index is -3.51. The number of sulfonamides is 1. The van der Waals surface area contributed by atoms with Gasteiger partial charge in [0.15, 0.2) is 0 Å². The zero-order chi connectivity index (χ0) is 13.3. The van der Waals surface area contributed by atoms with Gasteiger partial charge in [0, 0.05) is 26.5 Å².